The molecule has 0 spiro atoms. The largest absolute Gasteiger partial charge is 0.397 e. The van der Waals surface area contributed by atoms with E-state index in [1.54, 1.807) is 0 Å². The van der Waals surface area contributed by atoms with Crippen molar-refractivity contribution in [3.8, 4) is 0 Å². The topological polar surface area (TPSA) is 18.5 Å². The van der Waals surface area contributed by atoms with Gasteiger partial charge in [-0.3, -0.25) is 0 Å². The van der Waals surface area contributed by atoms with Gasteiger partial charge >= 0.3 is 9.28 Å². The van der Waals surface area contributed by atoms with Gasteiger partial charge in [-0.25, -0.2) is 0 Å². The highest BCUT2D eigenvalue weighted by atomic mass is 28.3. The van der Waals surface area contributed by atoms with Gasteiger partial charge in [0.05, 0.1) is 0 Å². The van der Waals surface area contributed by atoms with Gasteiger partial charge in [0.1, 0.15) is 0 Å². The van der Waals surface area contributed by atoms with Crippen molar-refractivity contribution < 1.29 is 8.85 Å². The minimum atomic E-state index is -1.13. The van der Waals surface area contributed by atoms with E-state index >= 15 is 0 Å². The molecule has 0 amide bonds. The Balaban J connectivity index is 2.08. The lowest BCUT2D eigenvalue weighted by Gasteiger charge is -2.19. The lowest BCUT2D eigenvalue weighted by Crippen LogP contribution is -2.26. The third-order valence-corrected chi connectivity index (χ3v) is 3.68. The van der Waals surface area contributed by atoms with Crippen LogP contribution in [-0.4, -0.2) is 22.5 Å². The third kappa shape index (κ3) is 2.47. The van der Waals surface area contributed by atoms with E-state index in [1.165, 1.54) is 18.9 Å². The van der Waals surface area contributed by atoms with E-state index in [9.17, 15) is 0 Å². The first kappa shape index (κ1) is 7.25. The molecule has 0 aromatic rings. The predicted octanol–water partition coefficient (Wildman–Crippen LogP) is 1.05. The van der Waals surface area contributed by atoms with E-state index in [1.807, 2.05) is 6.92 Å². The number of rotatable bonds is 2. The van der Waals surface area contributed by atoms with Crippen LogP contribution in [0.1, 0.15) is 19.8 Å². The average Bonchev–Trinajstić information content (AvgIpc) is 1.91. The summed E-state index contributed by atoms with van der Waals surface area (Å²) in [6.07, 6.45) is 2.55. The van der Waals surface area contributed by atoms with Crippen LogP contribution in [0.25, 0.3) is 0 Å². The Kier molecular flexibility index (Phi) is 3.25. The Bertz CT molecular complexity index is 68.7. The maximum atomic E-state index is 5.44. The van der Waals surface area contributed by atoms with E-state index < -0.39 is 9.28 Å². The first-order chi connectivity index (χ1) is 4.43. The molecule has 3 heteroatoms. The summed E-state index contributed by atoms with van der Waals surface area (Å²) in [6.45, 7) is 3.80. The molecule has 0 N–H and O–H groups in total. The van der Waals surface area contributed by atoms with Crippen molar-refractivity contribution in [2.75, 3.05) is 13.2 Å². The molecule has 0 radical (unpaired) electrons. The molecule has 1 heterocycles. The predicted molar refractivity (Wildman–Crippen MR) is 38.8 cm³/mol. The van der Waals surface area contributed by atoms with Gasteiger partial charge in [0, 0.05) is 13.2 Å². The van der Waals surface area contributed by atoms with E-state index in [0.717, 1.165) is 13.2 Å². The molecule has 54 valence electrons. The zero-order chi connectivity index (χ0) is 6.53. The molecule has 1 atom stereocenters. The Morgan fingerprint density at radius 3 is 3.00 bits per heavy atom. The Labute approximate surface area is 58.0 Å². The summed E-state index contributed by atoms with van der Waals surface area (Å²) in [7, 11) is -1.13. The average molecular weight is 146 g/mol. The maximum absolute atomic E-state index is 5.44. The van der Waals surface area contributed by atoms with Crippen LogP contribution in [0.3, 0.4) is 0 Å². The van der Waals surface area contributed by atoms with Crippen LogP contribution in [0.4, 0.5) is 0 Å². The molecule has 0 bridgehead atoms. The summed E-state index contributed by atoms with van der Waals surface area (Å²) in [4.78, 5) is 0. The molecule has 1 aliphatic heterocycles. The normalized spacial score (nSPS) is 28.3. The van der Waals surface area contributed by atoms with Crippen molar-refractivity contribution in [3.05, 3.63) is 0 Å². The van der Waals surface area contributed by atoms with Crippen LogP contribution in [0, 0.1) is 0 Å². The summed E-state index contributed by atoms with van der Waals surface area (Å²) in [5.74, 6) is 0. The summed E-state index contributed by atoms with van der Waals surface area (Å²) in [5, 5.41) is 0. The lowest BCUT2D eigenvalue weighted by atomic mass is 10.4. The molecule has 9 heavy (non-hydrogen) atoms. The zero-order valence-electron chi connectivity index (χ0n) is 5.93. The monoisotopic (exact) mass is 146 g/mol. The molecule has 1 fully saturated rings. The van der Waals surface area contributed by atoms with Gasteiger partial charge in [0.15, 0.2) is 0 Å². The van der Waals surface area contributed by atoms with Gasteiger partial charge in [-0.1, -0.05) is 0 Å². The highest BCUT2D eigenvalue weighted by molar-refractivity contribution is 6.44. The van der Waals surface area contributed by atoms with Crippen LogP contribution >= 0.6 is 0 Å². The second kappa shape index (κ2) is 4.03. The van der Waals surface area contributed by atoms with Crippen molar-refractivity contribution >= 4 is 9.28 Å². The van der Waals surface area contributed by atoms with Gasteiger partial charge in [0.2, 0.25) is 0 Å². The van der Waals surface area contributed by atoms with E-state index in [4.69, 9.17) is 8.85 Å². The Morgan fingerprint density at radius 1 is 1.56 bits per heavy atom. The standard InChI is InChI=1S/C6H14O2Si/c1-2-7-9-6-4-3-5-8-9/h9H,2-6H2,1H3. The first-order valence-electron chi connectivity index (χ1n) is 3.66. The fourth-order valence-corrected chi connectivity index (χ4v) is 2.88. The molecule has 1 unspecified atom stereocenters. The van der Waals surface area contributed by atoms with Crippen LogP contribution in [0.5, 0.6) is 0 Å². The summed E-state index contributed by atoms with van der Waals surface area (Å²) in [5.41, 5.74) is 0. The fraction of sp³-hybridized carbons (Fsp3) is 1.00. The van der Waals surface area contributed by atoms with Gasteiger partial charge in [0.25, 0.3) is 0 Å². The molecular formula is C6H14O2Si. The highest BCUT2D eigenvalue weighted by Crippen LogP contribution is 2.10. The summed E-state index contributed by atoms with van der Waals surface area (Å²) >= 11 is 0. The van der Waals surface area contributed by atoms with Crippen molar-refractivity contribution in [2.24, 2.45) is 0 Å². The molecule has 0 aliphatic carbocycles. The first-order valence-corrected chi connectivity index (χ1v) is 5.42. The van der Waals surface area contributed by atoms with Crippen LogP contribution in [-0.2, 0) is 8.85 Å². The summed E-state index contributed by atoms with van der Waals surface area (Å²) in [6, 6.07) is 1.22. The second-order valence-electron chi connectivity index (χ2n) is 2.25. The SMILES string of the molecule is CCO[SiH]1CCCCO1. The van der Waals surface area contributed by atoms with Crippen LogP contribution < -0.4 is 0 Å². The van der Waals surface area contributed by atoms with Gasteiger partial charge in [-0.2, -0.15) is 0 Å². The van der Waals surface area contributed by atoms with Crippen molar-refractivity contribution in [1.82, 2.24) is 0 Å². The zero-order valence-corrected chi connectivity index (χ0v) is 7.08. The molecule has 0 aromatic heterocycles. The molecule has 2 nitrogen and oxygen atoms in total. The molecule has 1 aliphatic rings. The minimum Gasteiger partial charge on any atom is -0.397 e. The highest BCUT2D eigenvalue weighted by Gasteiger charge is 2.15. The Hall–Kier alpha value is 0.137. The van der Waals surface area contributed by atoms with Crippen molar-refractivity contribution in [2.45, 2.75) is 25.8 Å². The second-order valence-corrected chi connectivity index (χ2v) is 4.35. The maximum Gasteiger partial charge on any atom is 0.321 e. The van der Waals surface area contributed by atoms with E-state index in [0.29, 0.717) is 0 Å². The number of hydrogen-bond donors (Lipinski definition) is 0. The molecule has 1 rings (SSSR count). The van der Waals surface area contributed by atoms with Gasteiger partial charge < -0.3 is 8.85 Å². The fourth-order valence-electron chi connectivity index (χ4n) is 1.03. The van der Waals surface area contributed by atoms with Gasteiger partial charge in [-0.05, 0) is 25.8 Å². The molecule has 0 aromatic carbocycles. The molecular weight excluding hydrogens is 132 g/mol. The Morgan fingerprint density at radius 2 is 2.44 bits per heavy atom. The minimum absolute atomic E-state index is 0.830. The summed E-state index contributed by atoms with van der Waals surface area (Å²) < 4.78 is 10.8. The van der Waals surface area contributed by atoms with Crippen molar-refractivity contribution in [1.29, 1.82) is 0 Å². The van der Waals surface area contributed by atoms with Crippen LogP contribution in [0.2, 0.25) is 6.04 Å². The quantitative estimate of drug-likeness (QED) is 0.542. The van der Waals surface area contributed by atoms with Crippen LogP contribution in [0.15, 0.2) is 0 Å². The smallest absolute Gasteiger partial charge is 0.321 e. The van der Waals surface area contributed by atoms with E-state index in [-0.39, 0.29) is 0 Å². The van der Waals surface area contributed by atoms with Crippen molar-refractivity contribution in [3.63, 3.8) is 0 Å². The van der Waals surface area contributed by atoms with Gasteiger partial charge in [-0.15, -0.1) is 0 Å². The third-order valence-electron chi connectivity index (χ3n) is 1.49. The molecule has 0 saturated carbocycles. The number of hydrogen-bond acceptors (Lipinski definition) is 2. The molecule has 1 saturated heterocycles. The lowest BCUT2D eigenvalue weighted by molar-refractivity contribution is 0.184. The van der Waals surface area contributed by atoms with E-state index in [2.05, 4.69) is 0 Å².